The van der Waals surface area contributed by atoms with Gasteiger partial charge in [0.2, 0.25) is 0 Å². The highest BCUT2D eigenvalue weighted by atomic mass is 16.7. The average molecular weight is 298 g/mol. The molecule has 0 aliphatic carbocycles. The van der Waals surface area contributed by atoms with Gasteiger partial charge in [-0.25, -0.2) is 9.59 Å². The number of hydrogen-bond acceptors (Lipinski definition) is 4. The number of unbranched alkanes of at least 4 members (excludes halogenated alkanes) is 1. The fourth-order valence-electron chi connectivity index (χ4n) is 2.72. The Hall–Kier alpha value is -1.30. The molecule has 0 aromatic rings. The minimum atomic E-state index is -0.534. The van der Waals surface area contributed by atoms with Crippen LogP contribution in [0.5, 0.6) is 0 Å². The molecule has 2 saturated heterocycles. The second-order valence-electron chi connectivity index (χ2n) is 6.73. The first-order chi connectivity index (χ1) is 9.83. The number of hydroxylamine groups is 2. The van der Waals surface area contributed by atoms with Gasteiger partial charge in [0.25, 0.3) is 0 Å². The lowest BCUT2D eigenvalue weighted by molar-refractivity contribution is -0.161. The summed E-state index contributed by atoms with van der Waals surface area (Å²) in [5.41, 5.74) is -0.534. The largest absolute Gasteiger partial charge is 0.458 e. The van der Waals surface area contributed by atoms with E-state index >= 15 is 0 Å². The second kappa shape index (κ2) is 6.22. The van der Waals surface area contributed by atoms with E-state index in [1.54, 1.807) is 4.90 Å². The molecule has 0 saturated carbocycles. The Morgan fingerprint density at radius 2 is 2.05 bits per heavy atom. The smallest absolute Gasteiger partial charge is 0.345 e. The molecular weight excluding hydrogens is 272 g/mol. The van der Waals surface area contributed by atoms with E-state index in [1.165, 1.54) is 5.06 Å². The zero-order chi connectivity index (χ0) is 15.6. The molecule has 0 N–H and O–H groups in total. The van der Waals surface area contributed by atoms with Crippen LogP contribution in [0.2, 0.25) is 0 Å². The molecule has 120 valence electrons. The van der Waals surface area contributed by atoms with Crippen LogP contribution in [0.1, 0.15) is 53.4 Å². The topological polar surface area (TPSA) is 59.1 Å². The van der Waals surface area contributed by atoms with Crippen LogP contribution in [0.3, 0.4) is 0 Å². The Balaban J connectivity index is 1.98. The SMILES string of the molecule is CCCCON1C(=O)N2C[C@@H]1CC[C@@H]2C(=O)OC(C)(C)C. The van der Waals surface area contributed by atoms with E-state index in [-0.39, 0.29) is 18.0 Å². The van der Waals surface area contributed by atoms with Gasteiger partial charge in [-0.1, -0.05) is 13.3 Å². The molecule has 21 heavy (non-hydrogen) atoms. The summed E-state index contributed by atoms with van der Waals surface area (Å²) < 4.78 is 5.42. The number of ether oxygens (including phenoxy) is 1. The highest BCUT2D eigenvalue weighted by Gasteiger charge is 2.48. The minimum absolute atomic E-state index is 0.0630. The summed E-state index contributed by atoms with van der Waals surface area (Å²) in [7, 11) is 0. The van der Waals surface area contributed by atoms with Gasteiger partial charge in [0.1, 0.15) is 11.6 Å². The molecule has 0 aromatic carbocycles. The highest BCUT2D eigenvalue weighted by molar-refractivity contribution is 5.85. The fourth-order valence-corrected chi connectivity index (χ4v) is 2.72. The Labute approximate surface area is 126 Å². The zero-order valence-corrected chi connectivity index (χ0v) is 13.4. The number of fused-ring (bicyclic) bond motifs is 2. The maximum atomic E-state index is 12.4. The van der Waals surface area contributed by atoms with Gasteiger partial charge in [-0.2, -0.15) is 5.06 Å². The van der Waals surface area contributed by atoms with Crippen LogP contribution < -0.4 is 0 Å². The monoisotopic (exact) mass is 298 g/mol. The van der Waals surface area contributed by atoms with E-state index in [0.717, 1.165) is 19.3 Å². The van der Waals surface area contributed by atoms with Gasteiger partial charge < -0.3 is 9.64 Å². The Morgan fingerprint density at radius 1 is 1.33 bits per heavy atom. The summed E-state index contributed by atoms with van der Waals surface area (Å²) in [5, 5.41) is 1.46. The molecule has 0 spiro atoms. The van der Waals surface area contributed by atoms with Crippen molar-refractivity contribution in [1.29, 1.82) is 0 Å². The third-order valence-corrected chi connectivity index (χ3v) is 3.73. The summed E-state index contributed by atoms with van der Waals surface area (Å²) in [6.45, 7) is 8.68. The van der Waals surface area contributed by atoms with Crippen molar-refractivity contribution >= 4 is 12.0 Å². The molecule has 2 bridgehead atoms. The van der Waals surface area contributed by atoms with Crippen LogP contribution in [0.25, 0.3) is 0 Å². The molecular formula is C15H26N2O4. The van der Waals surface area contributed by atoms with Gasteiger partial charge >= 0.3 is 12.0 Å². The molecule has 6 heteroatoms. The van der Waals surface area contributed by atoms with E-state index in [4.69, 9.17) is 9.57 Å². The highest BCUT2D eigenvalue weighted by Crippen LogP contribution is 2.31. The van der Waals surface area contributed by atoms with Crippen LogP contribution in [0, 0.1) is 0 Å². The molecule has 2 aliphatic heterocycles. The van der Waals surface area contributed by atoms with E-state index in [0.29, 0.717) is 19.6 Å². The predicted molar refractivity (Wildman–Crippen MR) is 77.5 cm³/mol. The summed E-state index contributed by atoms with van der Waals surface area (Å²) in [6.07, 6.45) is 3.36. The first-order valence-electron chi connectivity index (χ1n) is 7.79. The molecule has 2 atom stereocenters. The number of hydrogen-bond donors (Lipinski definition) is 0. The first kappa shape index (κ1) is 16.1. The van der Waals surface area contributed by atoms with Crippen molar-refractivity contribution in [2.24, 2.45) is 0 Å². The quantitative estimate of drug-likeness (QED) is 0.577. The third kappa shape index (κ3) is 3.67. The van der Waals surface area contributed by atoms with E-state index in [1.807, 2.05) is 20.8 Å². The number of piperidine rings is 1. The average Bonchev–Trinajstić information content (AvgIpc) is 2.62. The van der Waals surface area contributed by atoms with Gasteiger partial charge in [0, 0.05) is 6.54 Å². The summed E-state index contributed by atoms with van der Waals surface area (Å²) in [5.74, 6) is -0.315. The van der Waals surface area contributed by atoms with Gasteiger partial charge in [-0.05, 0) is 40.0 Å². The fraction of sp³-hybridized carbons (Fsp3) is 0.867. The Morgan fingerprint density at radius 3 is 2.67 bits per heavy atom. The number of nitrogens with zero attached hydrogens (tertiary/aromatic N) is 2. The van der Waals surface area contributed by atoms with Crippen LogP contribution >= 0.6 is 0 Å². The minimum Gasteiger partial charge on any atom is -0.458 e. The van der Waals surface area contributed by atoms with Crippen LogP contribution in [-0.2, 0) is 14.4 Å². The summed E-state index contributed by atoms with van der Waals surface area (Å²) >= 11 is 0. The molecule has 0 unspecified atom stereocenters. The number of carbonyl (C=O) groups is 2. The Kier molecular flexibility index (Phi) is 4.76. The lowest BCUT2D eigenvalue weighted by Gasteiger charge is -2.31. The van der Waals surface area contributed by atoms with Crippen LogP contribution in [0.15, 0.2) is 0 Å². The zero-order valence-electron chi connectivity index (χ0n) is 13.4. The van der Waals surface area contributed by atoms with Gasteiger partial charge in [0.05, 0.1) is 12.6 Å². The van der Waals surface area contributed by atoms with Crippen molar-refractivity contribution in [3.63, 3.8) is 0 Å². The van der Waals surface area contributed by atoms with Crippen molar-refractivity contribution in [1.82, 2.24) is 9.96 Å². The molecule has 2 amide bonds. The standard InChI is InChI=1S/C15H26N2O4/c1-5-6-9-20-17-11-7-8-12(16(10-11)14(17)19)13(18)21-15(2,3)4/h11-12H,5-10H2,1-4H3/t11-,12+/m0/s1. The molecule has 2 aliphatic rings. The molecule has 0 aromatic heterocycles. The number of urea groups is 1. The van der Waals surface area contributed by atoms with Crippen molar-refractivity contribution in [2.45, 2.75) is 71.1 Å². The molecule has 2 heterocycles. The Bertz CT molecular complexity index is 405. The lowest BCUT2D eigenvalue weighted by atomic mass is 10.0. The van der Waals surface area contributed by atoms with E-state index < -0.39 is 11.6 Å². The van der Waals surface area contributed by atoms with Gasteiger partial charge in [-0.15, -0.1) is 0 Å². The van der Waals surface area contributed by atoms with Crippen LogP contribution in [-0.4, -0.2) is 52.8 Å². The first-order valence-corrected chi connectivity index (χ1v) is 7.79. The maximum Gasteiger partial charge on any atom is 0.345 e. The summed E-state index contributed by atoms with van der Waals surface area (Å²) in [6, 6.07) is -0.620. The normalized spacial score (nSPS) is 25.4. The van der Waals surface area contributed by atoms with Crippen molar-refractivity contribution in [2.75, 3.05) is 13.2 Å². The van der Waals surface area contributed by atoms with Crippen LogP contribution in [0.4, 0.5) is 4.79 Å². The van der Waals surface area contributed by atoms with Gasteiger partial charge in [-0.3, -0.25) is 4.84 Å². The van der Waals surface area contributed by atoms with Crippen molar-refractivity contribution in [3.05, 3.63) is 0 Å². The number of amides is 2. The molecule has 0 radical (unpaired) electrons. The number of rotatable bonds is 5. The predicted octanol–water partition coefficient (Wildman–Crippen LogP) is 2.33. The second-order valence-corrected chi connectivity index (χ2v) is 6.73. The van der Waals surface area contributed by atoms with Gasteiger partial charge in [0.15, 0.2) is 0 Å². The van der Waals surface area contributed by atoms with Crippen molar-refractivity contribution in [3.8, 4) is 0 Å². The lowest BCUT2D eigenvalue weighted by Crippen LogP contribution is -2.47. The van der Waals surface area contributed by atoms with Crippen molar-refractivity contribution < 1.29 is 19.2 Å². The van der Waals surface area contributed by atoms with E-state index in [2.05, 4.69) is 6.92 Å². The number of carbonyl (C=O) groups excluding carboxylic acids is 2. The molecule has 2 rings (SSSR count). The third-order valence-electron chi connectivity index (χ3n) is 3.73. The maximum absolute atomic E-state index is 12.4. The molecule has 6 nitrogen and oxygen atoms in total. The number of esters is 1. The van der Waals surface area contributed by atoms with E-state index in [9.17, 15) is 9.59 Å². The summed E-state index contributed by atoms with van der Waals surface area (Å²) in [4.78, 5) is 31.8. The molecule has 2 fully saturated rings.